The first-order valence-corrected chi connectivity index (χ1v) is 7.12. The Balaban J connectivity index is 2.28. The van der Waals surface area contributed by atoms with Gasteiger partial charge in [-0.05, 0) is 24.8 Å². The molecule has 1 rings (SSSR count). The molecule has 5 heteroatoms. The van der Waals surface area contributed by atoms with Crippen LogP contribution in [0.25, 0.3) is 0 Å². The zero-order chi connectivity index (χ0) is 13.4. The average Bonchev–Trinajstić information content (AvgIpc) is 2.34. The van der Waals surface area contributed by atoms with Crippen LogP contribution >= 0.6 is 11.8 Å². The molecule has 3 N–H and O–H groups in total. The van der Waals surface area contributed by atoms with Crippen molar-refractivity contribution in [2.75, 3.05) is 23.8 Å². The zero-order valence-electron chi connectivity index (χ0n) is 10.8. The van der Waals surface area contributed by atoms with E-state index >= 15 is 0 Å². The molecule has 1 atom stereocenters. The number of nitrogen functional groups attached to an aromatic ring is 1. The van der Waals surface area contributed by atoms with E-state index in [2.05, 4.69) is 12.2 Å². The van der Waals surface area contributed by atoms with Crippen LogP contribution in [0.15, 0.2) is 24.3 Å². The van der Waals surface area contributed by atoms with Gasteiger partial charge >= 0.3 is 0 Å². The maximum atomic E-state index is 11.6. The fourth-order valence-corrected chi connectivity index (χ4v) is 2.08. The number of amides is 1. The smallest absolute Gasteiger partial charge is 0.258 e. The molecule has 1 aromatic rings. The number of nitrogens with one attached hydrogen (secondary N) is 1. The first-order chi connectivity index (χ1) is 8.61. The maximum absolute atomic E-state index is 11.6. The summed E-state index contributed by atoms with van der Waals surface area (Å²) < 4.78 is 5.36. The van der Waals surface area contributed by atoms with Gasteiger partial charge in [0.1, 0.15) is 5.75 Å². The highest BCUT2D eigenvalue weighted by Gasteiger charge is 2.07. The number of carbonyl (C=O) groups excluding carboxylic acids is 1. The predicted octanol–water partition coefficient (Wildman–Crippen LogP) is 1.91. The molecular formula is C13H20N2O2S. The van der Waals surface area contributed by atoms with Gasteiger partial charge in [-0.1, -0.05) is 13.0 Å². The van der Waals surface area contributed by atoms with Crippen LogP contribution in [0.3, 0.4) is 0 Å². The SMILES string of the molecule is CCSCC(C)NC(=O)COc1cccc(N)c1. The van der Waals surface area contributed by atoms with Crippen molar-refractivity contribution >= 4 is 23.4 Å². The second-order valence-electron chi connectivity index (χ2n) is 3.99. The number of anilines is 1. The van der Waals surface area contributed by atoms with E-state index in [1.807, 2.05) is 6.92 Å². The summed E-state index contributed by atoms with van der Waals surface area (Å²) in [7, 11) is 0. The minimum Gasteiger partial charge on any atom is -0.484 e. The number of nitrogens with two attached hydrogens (primary N) is 1. The van der Waals surface area contributed by atoms with Crippen LogP contribution in [0.4, 0.5) is 5.69 Å². The number of hydrogen-bond acceptors (Lipinski definition) is 4. The van der Waals surface area contributed by atoms with Crippen molar-refractivity contribution in [3.05, 3.63) is 24.3 Å². The van der Waals surface area contributed by atoms with E-state index in [4.69, 9.17) is 10.5 Å². The molecule has 0 fully saturated rings. The van der Waals surface area contributed by atoms with Crippen LogP contribution in [0.2, 0.25) is 0 Å². The van der Waals surface area contributed by atoms with Gasteiger partial charge in [0.05, 0.1) is 0 Å². The quantitative estimate of drug-likeness (QED) is 0.741. The monoisotopic (exact) mass is 268 g/mol. The van der Waals surface area contributed by atoms with Crippen LogP contribution < -0.4 is 15.8 Å². The Morgan fingerprint density at radius 1 is 1.56 bits per heavy atom. The first-order valence-electron chi connectivity index (χ1n) is 5.97. The van der Waals surface area contributed by atoms with Gasteiger partial charge in [-0.2, -0.15) is 11.8 Å². The number of rotatable bonds is 7. The van der Waals surface area contributed by atoms with Crippen LogP contribution in [0, 0.1) is 0 Å². The predicted molar refractivity (Wildman–Crippen MR) is 77.0 cm³/mol. The fraction of sp³-hybridized carbons (Fsp3) is 0.462. The second kappa shape index (κ2) is 7.87. The molecule has 0 aliphatic heterocycles. The minimum absolute atomic E-state index is 0.0184. The van der Waals surface area contributed by atoms with Crippen molar-refractivity contribution in [1.29, 1.82) is 0 Å². The van der Waals surface area contributed by atoms with Crippen LogP contribution in [-0.2, 0) is 4.79 Å². The van der Waals surface area contributed by atoms with Gasteiger partial charge in [0.15, 0.2) is 6.61 Å². The minimum atomic E-state index is -0.110. The molecule has 0 aliphatic carbocycles. The Hall–Kier alpha value is -1.36. The molecule has 1 unspecified atom stereocenters. The highest BCUT2D eigenvalue weighted by Crippen LogP contribution is 2.14. The zero-order valence-corrected chi connectivity index (χ0v) is 11.6. The molecule has 0 saturated carbocycles. The van der Waals surface area contributed by atoms with Crippen LogP contribution in [0.1, 0.15) is 13.8 Å². The van der Waals surface area contributed by atoms with Gasteiger partial charge in [-0.3, -0.25) is 4.79 Å². The molecule has 100 valence electrons. The summed E-state index contributed by atoms with van der Waals surface area (Å²) >= 11 is 1.80. The van der Waals surface area contributed by atoms with Crippen molar-refractivity contribution < 1.29 is 9.53 Å². The maximum Gasteiger partial charge on any atom is 0.258 e. The van der Waals surface area contributed by atoms with E-state index in [0.29, 0.717) is 11.4 Å². The first kappa shape index (κ1) is 14.7. The lowest BCUT2D eigenvalue weighted by molar-refractivity contribution is -0.123. The van der Waals surface area contributed by atoms with E-state index in [0.717, 1.165) is 11.5 Å². The fourth-order valence-electron chi connectivity index (χ4n) is 1.41. The van der Waals surface area contributed by atoms with E-state index in [1.165, 1.54) is 0 Å². The van der Waals surface area contributed by atoms with E-state index in [9.17, 15) is 4.79 Å². The molecule has 0 aliphatic rings. The van der Waals surface area contributed by atoms with Gasteiger partial charge in [-0.15, -0.1) is 0 Å². The Labute approximate surface area is 112 Å². The third-order valence-electron chi connectivity index (χ3n) is 2.21. The average molecular weight is 268 g/mol. The van der Waals surface area contributed by atoms with Gasteiger partial charge in [0.25, 0.3) is 5.91 Å². The summed E-state index contributed by atoms with van der Waals surface area (Å²) in [5, 5.41) is 2.88. The second-order valence-corrected chi connectivity index (χ2v) is 5.31. The largest absolute Gasteiger partial charge is 0.484 e. The Bertz CT molecular complexity index is 385. The van der Waals surface area contributed by atoms with Crippen molar-refractivity contribution in [2.45, 2.75) is 19.9 Å². The normalized spacial score (nSPS) is 11.9. The number of carbonyl (C=O) groups is 1. The van der Waals surface area contributed by atoms with E-state index < -0.39 is 0 Å². The van der Waals surface area contributed by atoms with E-state index in [-0.39, 0.29) is 18.6 Å². The Morgan fingerprint density at radius 3 is 3.00 bits per heavy atom. The molecule has 0 spiro atoms. The summed E-state index contributed by atoms with van der Waals surface area (Å²) in [6, 6.07) is 7.20. The molecule has 0 bridgehead atoms. The lowest BCUT2D eigenvalue weighted by atomic mass is 10.3. The van der Waals surface area contributed by atoms with Gasteiger partial charge < -0.3 is 15.8 Å². The lowest BCUT2D eigenvalue weighted by Gasteiger charge is -2.13. The molecule has 0 saturated heterocycles. The van der Waals surface area contributed by atoms with Crippen LogP contribution in [0.5, 0.6) is 5.75 Å². The molecule has 4 nitrogen and oxygen atoms in total. The molecule has 1 amide bonds. The standard InChI is InChI=1S/C13H20N2O2S/c1-3-18-9-10(2)15-13(16)8-17-12-6-4-5-11(14)7-12/h4-7,10H,3,8-9,14H2,1-2H3,(H,15,16). The lowest BCUT2D eigenvalue weighted by Crippen LogP contribution is -2.37. The topological polar surface area (TPSA) is 64.3 Å². The Kier molecular flexibility index (Phi) is 6.43. The van der Waals surface area contributed by atoms with Gasteiger partial charge in [-0.25, -0.2) is 0 Å². The van der Waals surface area contributed by atoms with Crippen molar-refractivity contribution in [3.63, 3.8) is 0 Å². The summed E-state index contributed by atoms with van der Waals surface area (Å²) in [4.78, 5) is 11.6. The molecule has 0 heterocycles. The van der Waals surface area contributed by atoms with Crippen molar-refractivity contribution in [1.82, 2.24) is 5.32 Å². The molecule has 0 aromatic heterocycles. The highest BCUT2D eigenvalue weighted by atomic mass is 32.2. The molecule has 0 radical (unpaired) electrons. The molecule has 18 heavy (non-hydrogen) atoms. The number of ether oxygens (including phenoxy) is 1. The molecular weight excluding hydrogens is 248 g/mol. The summed E-state index contributed by atoms with van der Waals surface area (Å²) in [6.07, 6.45) is 0. The van der Waals surface area contributed by atoms with Crippen LogP contribution in [-0.4, -0.2) is 30.1 Å². The summed E-state index contributed by atoms with van der Waals surface area (Å²) in [5.74, 6) is 2.47. The third-order valence-corrected chi connectivity index (χ3v) is 3.35. The van der Waals surface area contributed by atoms with Gasteiger partial charge in [0, 0.05) is 23.5 Å². The number of benzene rings is 1. The highest BCUT2D eigenvalue weighted by molar-refractivity contribution is 7.99. The summed E-state index contributed by atoms with van der Waals surface area (Å²) in [5.41, 5.74) is 6.24. The van der Waals surface area contributed by atoms with Crippen molar-refractivity contribution in [3.8, 4) is 5.75 Å². The van der Waals surface area contributed by atoms with Crippen molar-refractivity contribution in [2.24, 2.45) is 0 Å². The van der Waals surface area contributed by atoms with Gasteiger partial charge in [0.2, 0.25) is 0 Å². The Morgan fingerprint density at radius 2 is 2.33 bits per heavy atom. The number of thioether (sulfide) groups is 1. The molecule has 1 aromatic carbocycles. The van der Waals surface area contributed by atoms with E-state index in [1.54, 1.807) is 36.0 Å². The third kappa shape index (κ3) is 5.82. The number of hydrogen-bond donors (Lipinski definition) is 2. The summed E-state index contributed by atoms with van der Waals surface area (Å²) in [6.45, 7) is 4.10.